The second-order valence-corrected chi connectivity index (χ2v) is 5.54. The number of hydrogen-bond acceptors (Lipinski definition) is 3. The zero-order chi connectivity index (χ0) is 16.1. The van der Waals surface area contributed by atoms with Gasteiger partial charge in [-0.2, -0.15) is 0 Å². The van der Waals surface area contributed by atoms with Crippen LogP contribution in [0.15, 0.2) is 41.3 Å². The molecule has 4 nitrogen and oxygen atoms in total. The summed E-state index contributed by atoms with van der Waals surface area (Å²) >= 11 is 0. The van der Waals surface area contributed by atoms with Crippen LogP contribution < -0.4 is 16.0 Å². The molecule has 1 atom stereocenters. The van der Waals surface area contributed by atoms with Gasteiger partial charge in [0, 0.05) is 23.9 Å². The number of ether oxygens (including phenoxy) is 1. The number of benzene rings is 1. The molecule has 0 saturated heterocycles. The lowest BCUT2D eigenvalue weighted by atomic mass is 9.98. The highest BCUT2D eigenvalue weighted by Crippen LogP contribution is 2.27. The van der Waals surface area contributed by atoms with E-state index in [4.69, 9.17) is 10.5 Å². The van der Waals surface area contributed by atoms with E-state index in [0.717, 1.165) is 30.5 Å². The van der Waals surface area contributed by atoms with Crippen LogP contribution in [0.1, 0.15) is 42.5 Å². The molecular weight excluding hydrogens is 276 g/mol. The summed E-state index contributed by atoms with van der Waals surface area (Å²) in [5.74, 6) is 0.710. The number of unbranched alkanes of at least 4 members (excludes halogenated alkanes) is 1. The third-order valence-corrected chi connectivity index (χ3v) is 3.86. The number of methoxy groups -OCH3 is 1. The Morgan fingerprint density at radius 2 is 2.05 bits per heavy atom. The maximum absolute atomic E-state index is 12.6. The van der Waals surface area contributed by atoms with Crippen molar-refractivity contribution in [2.24, 2.45) is 5.73 Å². The summed E-state index contributed by atoms with van der Waals surface area (Å²) in [4.78, 5) is 12.6. The Balaban J connectivity index is 2.44. The molecular formula is C18H24N2O2. The average molecular weight is 300 g/mol. The molecule has 1 unspecified atom stereocenters. The van der Waals surface area contributed by atoms with Gasteiger partial charge in [-0.3, -0.25) is 4.79 Å². The fourth-order valence-corrected chi connectivity index (χ4v) is 2.56. The molecule has 0 aliphatic rings. The van der Waals surface area contributed by atoms with Crippen LogP contribution in [0.2, 0.25) is 0 Å². The molecule has 0 radical (unpaired) electrons. The Labute approximate surface area is 131 Å². The van der Waals surface area contributed by atoms with E-state index in [9.17, 15) is 4.79 Å². The van der Waals surface area contributed by atoms with E-state index in [-0.39, 0.29) is 5.56 Å². The van der Waals surface area contributed by atoms with Crippen LogP contribution in [0.3, 0.4) is 0 Å². The van der Waals surface area contributed by atoms with Gasteiger partial charge in [0.05, 0.1) is 13.2 Å². The van der Waals surface area contributed by atoms with Crippen molar-refractivity contribution in [1.82, 2.24) is 4.57 Å². The summed E-state index contributed by atoms with van der Waals surface area (Å²) in [7, 11) is 1.62. The van der Waals surface area contributed by atoms with Crippen LogP contribution >= 0.6 is 0 Å². The molecule has 0 aliphatic carbocycles. The second-order valence-electron chi connectivity index (χ2n) is 5.54. The highest BCUT2D eigenvalue weighted by atomic mass is 16.5. The lowest BCUT2D eigenvalue weighted by molar-refractivity contribution is 0.407. The first-order valence-electron chi connectivity index (χ1n) is 7.68. The molecule has 1 aromatic heterocycles. The Morgan fingerprint density at radius 3 is 2.73 bits per heavy atom. The molecule has 0 amide bonds. The highest BCUT2D eigenvalue weighted by Gasteiger charge is 2.18. The minimum atomic E-state index is -0.489. The van der Waals surface area contributed by atoms with Crippen LogP contribution in [-0.4, -0.2) is 11.7 Å². The summed E-state index contributed by atoms with van der Waals surface area (Å²) in [5, 5.41) is 0. The predicted molar refractivity (Wildman–Crippen MR) is 89.4 cm³/mol. The lowest BCUT2D eigenvalue weighted by Crippen LogP contribution is -2.28. The van der Waals surface area contributed by atoms with Crippen molar-refractivity contribution < 1.29 is 4.74 Å². The zero-order valence-corrected chi connectivity index (χ0v) is 13.5. The van der Waals surface area contributed by atoms with Crippen molar-refractivity contribution >= 4 is 0 Å². The number of pyridine rings is 1. The van der Waals surface area contributed by atoms with Crippen LogP contribution in [-0.2, 0) is 6.54 Å². The fraction of sp³-hybridized carbons (Fsp3) is 0.389. The molecule has 0 bridgehead atoms. The topological polar surface area (TPSA) is 57.2 Å². The van der Waals surface area contributed by atoms with Gasteiger partial charge in [0.2, 0.25) is 0 Å². The van der Waals surface area contributed by atoms with E-state index in [1.54, 1.807) is 17.7 Å². The molecule has 0 fully saturated rings. The van der Waals surface area contributed by atoms with Gasteiger partial charge in [-0.05, 0) is 25.5 Å². The molecule has 22 heavy (non-hydrogen) atoms. The first-order valence-corrected chi connectivity index (χ1v) is 7.68. The Kier molecular flexibility index (Phi) is 5.39. The molecule has 0 spiro atoms. The van der Waals surface area contributed by atoms with Crippen molar-refractivity contribution in [3.63, 3.8) is 0 Å². The van der Waals surface area contributed by atoms with Crippen LogP contribution in [0, 0.1) is 6.92 Å². The van der Waals surface area contributed by atoms with E-state index in [2.05, 4.69) is 6.92 Å². The van der Waals surface area contributed by atoms with Gasteiger partial charge >= 0.3 is 0 Å². The van der Waals surface area contributed by atoms with Gasteiger partial charge in [-0.25, -0.2) is 0 Å². The first-order chi connectivity index (χ1) is 10.6. The number of nitrogens with zero attached hydrogens (tertiary/aromatic N) is 1. The zero-order valence-electron chi connectivity index (χ0n) is 13.5. The molecule has 0 saturated carbocycles. The van der Waals surface area contributed by atoms with Crippen molar-refractivity contribution in [2.75, 3.05) is 7.11 Å². The Morgan fingerprint density at radius 1 is 1.27 bits per heavy atom. The molecule has 2 aromatic rings. The quantitative estimate of drug-likeness (QED) is 0.892. The van der Waals surface area contributed by atoms with E-state index in [0.29, 0.717) is 11.3 Å². The van der Waals surface area contributed by atoms with Crippen LogP contribution in [0.25, 0.3) is 0 Å². The maximum atomic E-state index is 12.6. The Hall–Kier alpha value is -2.07. The highest BCUT2D eigenvalue weighted by molar-refractivity contribution is 5.43. The molecule has 118 valence electrons. The fourth-order valence-electron chi connectivity index (χ4n) is 2.56. The number of aromatic nitrogens is 1. The molecule has 1 aromatic carbocycles. The smallest absolute Gasteiger partial charge is 0.255 e. The molecule has 0 aliphatic heterocycles. The van der Waals surface area contributed by atoms with Crippen LogP contribution in [0.5, 0.6) is 5.75 Å². The normalized spacial score (nSPS) is 12.2. The third kappa shape index (κ3) is 3.39. The van der Waals surface area contributed by atoms with Gasteiger partial charge in [0.1, 0.15) is 5.75 Å². The standard InChI is InChI=1S/C18H24N2O2/c1-4-5-10-20-11-6-7-14(18(20)21)17(19)15-12-13(2)8-9-16(15)22-3/h6-9,11-12,17H,4-5,10,19H2,1-3H3. The molecule has 1 heterocycles. The SMILES string of the molecule is CCCCn1cccc(C(N)c2cc(C)ccc2OC)c1=O. The predicted octanol–water partition coefficient (Wildman–Crippen LogP) is 3.01. The largest absolute Gasteiger partial charge is 0.496 e. The van der Waals surface area contributed by atoms with E-state index in [1.165, 1.54) is 0 Å². The van der Waals surface area contributed by atoms with Crippen LogP contribution in [0.4, 0.5) is 0 Å². The van der Waals surface area contributed by atoms with Gasteiger partial charge in [0.15, 0.2) is 0 Å². The van der Waals surface area contributed by atoms with Gasteiger partial charge in [-0.1, -0.05) is 37.1 Å². The summed E-state index contributed by atoms with van der Waals surface area (Å²) in [6.07, 6.45) is 3.85. The summed E-state index contributed by atoms with van der Waals surface area (Å²) in [5.41, 5.74) is 8.88. The summed E-state index contributed by atoms with van der Waals surface area (Å²) in [6.45, 7) is 4.83. The van der Waals surface area contributed by atoms with E-state index in [1.807, 2.05) is 37.4 Å². The average Bonchev–Trinajstić information content (AvgIpc) is 2.53. The Bertz CT molecular complexity index is 692. The minimum Gasteiger partial charge on any atom is -0.496 e. The minimum absolute atomic E-state index is 0.0213. The molecule has 2 N–H and O–H groups in total. The summed E-state index contributed by atoms with van der Waals surface area (Å²) < 4.78 is 7.13. The van der Waals surface area contributed by atoms with Crippen molar-refractivity contribution in [3.8, 4) is 5.75 Å². The monoisotopic (exact) mass is 300 g/mol. The molecule has 2 rings (SSSR count). The van der Waals surface area contributed by atoms with Gasteiger partial charge in [-0.15, -0.1) is 0 Å². The number of rotatable bonds is 6. The first kappa shape index (κ1) is 16.3. The maximum Gasteiger partial charge on any atom is 0.255 e. The lowest BCUT2D eigenvalue weighted by Gasteiger charge is -2.17. The van der Waals surface area contributed by atoms with E-state index < -0.39 is 6.04 Å². The van der Waals surface area contributed by atoms with Crippen molar-refractivity contribution in [2.45, 2.75) is 39.3 Å². The van der Waals surface area contributed by atoms with Crippen molar-refractivity contribution in [1.29, 1.82) is 0 Å². The number of aryl methyl sites for hydroxylation is 2. The van der Waals surface area contributed by atoms with E-state index >= 15 is 0 Å². The second kappa shape index (κ2) is 7.27. The molecule has 4 heteroatoms. The van der Waals surface area contributed by atoms with Gasteiger partial charge < -0.3 is 15.0 Å². The number of hydrogen-bond donors (Lipinski definition) is 1. The van der Waals surface area contributed by atoms with Crippen molar-refractivity contribution in [3.05, 3.63) is 63.6 Å². The number of nitrogens with two attached hydrogens (primary N) is 1. The summed E-state index contributed by atoms with van der Waals surface area (Å²) in [6, 6.07) is 9.04. The third-order valence-electron chi connectivity index (χ3n) is 3.86. The van der Waals surface area contributed by atoms with Gasteiger partial charge in [0.25, 0.3) is 5.56 Å².